The van der Waals surface area contributed by atoms with Gasteiger partial charge in [0.05, 0.1) is 5.69 Å². The summed E-state index contributed by atoms with van der Waals surface area (Å²) in [4.78, 5) is 21.9. The Labute approximate surface area is 174 Å². The van der Waals surface area contributed by atoms with E-state index in [1.807, 2.05) is 39.9 Å². The Morgan fingerprint density at radius 2 is 1.67 bits per heavy atom. The van der Waals surface area contributed by atoms with Gasteiger partial charge in [-0.05, 0) is 55.7 Å². The SMILES string of the molecule is O=C(c1nc(C2CC2)n(-c2ccccc2)n1)N1CCCN(c2ccc(F)cc2)CC1. The van der Waals surface area contributed by atoms with Crippen molar-refractivity contribution < 1.29 is 9.18 Å². The number of rotatable bonds is 4. The summed E-state index contributed by atoms with van der Waals surface area (Å²) in [5.74, 6) is 1.19. The summed E-state index contributed by atoms with van der Waals surface area (Å²) in [5, 5.41) is 4.59. The Kier molecular flexibility index (Phi) is 4.94. The summed E-state index contributed by atoms with van der Waals surface area (Å²) in [5.41, 5.74) is 1.91. The van der Waals surface area contributed by atoms with Gasteiger partial charge >= 0.3 is 0 Å². The van der Waals surface area contributed by atoms with Crippen molar-refractivity contribution in [3.63, 3.8) is 0 Å². The highest BCUT2D eigenvalue weighted by Gasteiger charge is 2.32. The van der Waals surface area contributed by atoms with E-state index >= 15 is 0 Å². The number of anilines is 1. The van der Waals surface area contributed by atoms with Crippen molar-refractivity contribution in [3.8, 4) is 5.69 Å². The van der Waals surface area contributed by atoms with Crippen LogP contribution in [0.2, 0.25) is 0 Å². The van der Waals surface area contributed by atoms with E-state index in [2.05, 4.69) is 15.0 Å². The molecule has 2 fully saturated rings. The van der Waals surface area contributed by atoms with E-state index in [0.29, 0.717) is 25.6 Å². The van der Waals surface area contributed by atoms with E-state index in [9.17, 15) is 9.18 Å². The van der Waals surface area contributed by atoms with Crippen molar-refractivity contribution in [1.82, 2.24) is 19.7 Å². The molecule has 1 amide bonds. The lowest BCUT2D eigenvalue weighted by atomic mass is 10.2. The summed E-state index contributed by atoms with van der Waals surface area (Å²) < 4.78 is 15.0. The van der Waals surface area contributed by atoms with Crippen molar-refractivity contribution in [2.45, 2.75) is 25.2 Å². The van der Waals surface area contributed by atoms with Gasteiger partial charge in [0.1, 0.15) is 11.6 Å². The number of para-hydroxylation sites is 1. The Bertz CT molecular complexity index is 1030. The molecule has 1 aromatic heterocycles. The van der Waals surface area contributed by atoms with E-state index in [1.54, 1.807) is 12.1 Å². The van der Waals surface area contributed by atoms with Crippen molar-refractivity contribution in [2.75, 3.05) is 31.1 Å². The van der Waals surface area contributed by atoms with Gasteiger partial charge in [-0.25, -0.2) is 14.1 Å². The Hall–Kier alpha value is -3.22. The predicted octanol–water partition coefficient (Wildman–Crippen LogP) is 3.64. The number of amides is 1. The number of carbonyl (C=O) groups is 1. The van der Waals surface area contributed by atoms with Crippen molar-refractivity contribution in [1.29, 1.82) is 0 Å². The molecule has 0 radical (unpaired) electrons. The van der Waals surface area contributed by atoms with Gasteiger partial charge in [-0.1, -0.05) is 18.2 Å². The van der Waals surface area contributed by atoms with Crippen LogP contribution in [0, 0.1) is 5.82 Å². The number of nitrogens with zero attached hydrogens (tertiary/aromatic N) is 5. The molecular formula is C23H24FN5O. The molecule has 5 rings (SSSR count). The fourth-order valence-electron chi connectivity index (χ4n) is 3.95. The first-order valence-electron chi connectivity index (χ1n) is 10.5. The third kappa shape index (κ3) is 3.79. The summed E-state index contributed by atoms with van der Waals surface area (Å²) in [6.45, 7) is 2.78. The first-order valence-corrected chi connectivity index (χ1v) is 10.5. The maximum Gasteiger partial charge on any atom is 0.293 e. The molecule has 0 atom stereocenters. The molecule has 2 heterocycles. The Morgan fingerprint density at radius 1 is 0.900 bits per heavy atom. The fraction of sp³-hybridized carbons (Fsp3) is 0.348. The highest BCUT2D eigenvalue weighted by Crippen LogP contribution is 2.39. The Morgan fingerprint density at radius 3 is 2.40 bits per heavy atom. The first-order chi connectivity index (χ1) is 14.7. The maximum absolute atomic E-state index is 13.2. The second-order valence-corrected chi connectivity index (χ2v) is 7.92. The second kappa shape index (κ2) is 7.89. The Balaban J connectivity index is 1.34. The second-order valence-electron chi connectivity index (χ2n) is 7.92. The molecule has 2 aromatic carbocycles. The molecule has 0 unspecified atom stereocenters. The predicted molar refractivity (Wildman–Crippen MR) is 112 cm³/mol. The number of aromatic nitrogens is 3. The largest absolute Gasteiger partial charge is 0.370 e. The van der Waals surface area contributed by atoms with Crippen LogP contribution >= 0.6 is 0 Å². The molecule has 1 saturated carbocycles. The molecule has 154 valence electrons. The van der Waals surface area contributed by atoms with Gasteiger partial charge in [0.15, 0.2) is 0 Å². The zero-order valence-electron chi connectivity index (χ0n) is 16.7. The average molecular weight is 405 g/mol. The van der Waals surface area contributed by atoms with Gasteiger partial charge in [-0.2, -0.15) is 0 Å². The van der Waals surface area contributed by atoms with E-state index in [-0.39, 0.29) is 17.5 Å². The molecule has 2 aliphatic rings. The zero-order chi connectivity index (χ0) is 20.5. The average Bonchev–Trinajstić information content (AvgIpc) is 3.57. The van der Waals surface area contributed by atoms with E-state index in [1.165, 1.54) is 12.1 Å². The van der Waals surface area contributed by atoms with Crippen LogP contribution in [-0.4, -0.2) is 51.8 Å². The first kappa shape index (κ1) is 18.8. The van der Waals surface area contributed by atoms with Crippen LogP contribution in [0.25, 0.3) is 5.69 Å². The maximum atomic E-state index is 13.2. The minimum absolute atomic E-state index is 0.118. The van der Waals surface area contributed by atoms with E-state index in [4.69, 9.17) is 0 Å². The molecule has 3 aromatic rings. The lowest BCUT2D eigenvalue weighted by Crippen LogP contribution is -2.35. The number of hydrogen-bond acceptors (Lipinski definition) is 4. The standard InChI is InChI=1S/C23H24FN5O/c24-18-9-11-19(12-10-18)27-13-4-14-28(16-15-27)23(30)21-25-22(17-7-8-17)29(26-21)20-5-2-1-3-6-20/h1-3,5-6,9-12,17H,4,7-8,13-16H2. The van der Waals surface area contributed by atoms with Crippen molar-refractivity contribution in [3.05, 3.63) is 72.1 Å². The third-order valence-electron chi connectivity index (χ3n) is 5.74. The van der Waals surface area contributed by atoms with Gasteiger partial charge in [0.25, 0.3) is 5.91 Å². The zero-order valence-corrected chi connectivity index (χ0v) is 16.7. The quantitative estimate of drug-likeness (QED) is 0.665. The molecular weight excluding hydrogens is 381 g/mol. The summed E-state index contributed by atoms with van der Waals surface area (Å²) >= 11 is 0. The van der Waals surface area contributed by atoms with E-state index < -0.39 is 0 Å². The van der Waals surface area contributed by atoms with Crippen LogP contribution in [0.15, 0.2) is 54.6 Å². The lowest BCUT2D eigenvalue weighted by molar-refractivity contribution is 0.0755. The van der Waals surface area contributed by atoms with E-state index in [0.717, 1.165) is 43.0 Å². The fourth-order valence-corrected chi connectivity index (χ4v) is 3.95. The number of halogens is 1. The highest BCUT2D eigenvalue weighted by molar-refractivity contribution is 5.90. The van der Waals surface area contributed by atoms with Crippen molar-refractivity contribution in [2.24, 2.45) is 0 Å². The van der Waals surface area contributed by atoms with Gasteiger partial charge in [-0.3, -0.25) is 4.79 Å². The topological polar surface area (TPSA) is 54.3 Å². The lowest BCUT2D eigenvalue weighted by Gasteiger charge is -2.23. The molecule has 0 bridgehead atoms. The monoisotopic (exact) mass is 405 g/mol. The minimum Gasteiger partial charge on any atom is -0.370 e. The minimum atomic E-state index is -0.239. The molecule has 0 spiro atoms. The molecule has 6 nitrogen and oxygen atoms in total. The summed E-state index contributed by atoms with van der Waals surface area (Å²) in [6.07, 6.45) is 3.03. The smallest absolute Gasteiger partial charge is 0.293 e. The van der Waals surface area contributed by atoms with Crippen molar-refractivity contribution >= 4 is 11.6 Å². The normalized spacial score (nSPS) is 17.1. The molecule has 1 aliphatic heterocycles. The molecule has 0 N–H and O–H groups in total. The summed E-state index contributed by atoms with van der Waals surface area (Å²) in [7, 11) is 0. The molecule has 7 heteroatoms. The van der Waals surface area contributed by atoms with Gasteiger partial charge in [0, 0.05) is 37.8 Å². The van der Waals surface area contributed by atoms with Crippen LogP contribution in [0.5, 0.6) is 0 Å². The third-order valence-corrected chi connectivity index (χ3v) is 5.74. The number of benzene rings is 2. The van der Waals surface area contributed by atoms with Crippen LogP contribution in [-0.2, 0) is 0 Å². The molecule has 1 aliphatic carbocycles. The molecule has 1 saturated heterocycles. The highest BCUT2D eigenvalue weighted by atomic mass is 19.1. The van der Waals surface area contributed by atoms with Crippen LogP contribution < -0.4 is 4.90 Å². The van der Waals surface area contributed by atoms with Gasteiger partial charge in [-0.15, -0.1) is 5.10 Å². The number of hydrogen-bond donors (Lipinski definition) is 0. The number of carbonyl (C=O) groups excluding carboxylic acids is 1. The molecule has 30 heavy (non-hydrogen) atoms. The van der Waals surface area contributed by atoms with Crippen LogP contribution in [0.4, 0.5) is 10.1 Å². The van der Waals surface area contributed by atoms with Gasteiger partial charge < -0.3 is 9.80 Å². The van der Waals surface area contributed by atoms with Crippen LogP contribution in [0.1, 0.15) is 41.6 Å². The summed E-state index contributed by atoms with van der Waals surface area (Å²) in [6, 6.07) is 16.4. The van der Waals surface area contributed by atoms with Gasteiger partial charge in [0.2, 0.25) is 5.82 Å². The van der Waals surface area contributed by atoms with Crippen LogP contribution in [0.3, 0.4) is 0 Å².